The molecule has 0 aromatic heterocycles. The molecular formula is C15H14BrF2NO. The molecule has 0 saturated heterocycles. The number of rotatable bonds is 4. The molecule has 2 aromatic carbocycles. The number of aryl methyl sites for hydroxylation is 1. The summed E-state index contributed by atoms with van der Waals surface area (Å²) in [5, 5.41) is 3.03. The van der Waals surface area contributed by atoms with Crippen LogP contribution in [0, 0.1) is 18.6 Å². The van der Waals surface area contributed by atoms with Crippen molar-refractivity contribution in [3.8, 4) is 5.75 Å². The van der Waals surface area contributed by atoms with Crippen LogP contribution < -0.4 is 10.1 Å². The first kappa shape index (κ1) is 14.8. The second-order valence-corrected chi connectivity index (χ2v) is 5.22. The maximum atomic E-state index is 14.0. The number of nitrogens with one attached hydrogen (secondary N) is 1. The van der Waals surface area contributed by atoms with E-state index in [1.54, 1.807) is 24.3 Å². The van der Waals surface area contributed by atoms with Gasteiger partial charge >= 0.3 is 0 Å². The predicted octanol–water partition coefficient (Wildman–Crippen LogP) is 4.66. The summed E-state index contributed by atoms with van der Waals surface area (Å²) in [5.41, 5.74) is 1.97. The molecular weight excluding hydrogens is 328 g/mol. The summed E-state index contributed by atoms with van der Waals surface area (Å²) in [7, 11) is 1.42. The van der Waals surface area contributed by atoms with E-state index in [9.17, 15) is 8.78 Å². The van der Waals surface area contributed by atoms with E-state index in [1.807, 2.05) is 6.92 Å². The van der Waals surface area contributed by atoms with Crippen molar-refractivity contribution < 1.29 is 13.5 Å². The average molecular weight is 342 g/mol. The molecule has 5 heteroatoms. The third kappa shape index (κ3) is 3.10. The molecule has 106 valence electrons. The van der Waals surface area contributed by atoms with Crippen molar-refractivity contribution >= 4 is 21.6 Å². The maximum Gasteiger partial charge on any atom is 0.170 e. The minimum atomic E-state index is -0.405. The first-order valence-corrected chi connectivity index (χ1v) is 6.83. The molecule has 0 aliphatic rings. The SMILES string of the molecule is COc1cccc(CNc2cc(F)c(Br)cc2C)c1F. The summed E-state index contributed by atoms with van der Waals surface area (Å²) in [6.45, 7) is 2.11. The number of hydrogen-bond donors (Lipinski definition) is 1. The third-order valence-electron chi connectivity index (χ3n) is 3.00. The van der Waals surface area contributed by atoms with Gasteiger partial charge in [0.1, 0.15) is 5.82 Å². The lowest BCUT2D eigenvalue weighted by Crippen LogP contribution is -2.04. The fourth-order valence-electron chi connectivity index (χ4n) is 1.88. The molecule has 1 N–H and O–H groups in total. The quantitative estimate of drug-likeness (QED) is 0.873. The highest BCUT2D eigenvalue weighted by atomic mass is 79.9. The van der Waals surface area contributed by atoms with Gasteiger partial charge in [0.25, 0.3) is 0 Å². The normalized spacial score (nSPS) is 10.4. The third-order valence-corrected chi connectivity index (χ3v) is 3.61. The Hall–Kier alpha value is -1.62. The summed E-state index contributed by atoms with van der Waals surface area (Å²) < 4.78 is 32.8. The zero-order chi connectivity index (χ0) is 14.7. The van der Waals surface area contributed by atoms with E-state index in [4.69, 9.17) is 4.74 Å². The molecule has 2 rings (SSSR count). The van der Waals surface area contributed by atoms with Gasteiger partial charge in [0, 0.05) is 17.8 Å². The van der Waals surface area contributed by atoms with Crippen LogP contribution >= 0.6 is 15.9 Å². The Kier molecular flexibility index (Phi) is 4.60. The smallest absolute Gasteiger partial charge is 0.170 e. The van der Waals surface area contributed by atoms with Gasteiger partial charge in [-0.2, -0.15) is 0 Å². The minimum Gasteiger partial charge on any atom is -0.494 e. The molecule has 20 heavy (non-hydrogen) atoms. The lowest BCUT2D eigenvalue weighted by Gasteiger charge is -2.12. The molecule has 0 amide bonds. The van der Waals surface area contributed by atoms with Crippen LogP contribution in [0.1, 0.15) is 11.1 Å². The Bertz CT molecular complexity index is 632. The molecule has 2 nitrogen and oxygen atoms in total. The van der Waals surface area contributed by atoms with E-state index in [2.05, 4.69) is 21.2 Å². The molecule has 2 aromatic rings. The van der Waals surface area contributed by atoms with Gasteiger partial charge in [-0.1, -0.05) is 12.1 Å². The lowest BCUT2D eigenvalue weighted by atomic mass is 10.1. The number of methoxy groups -OCH3 is 1. The van der Waals surface area contributed by atoms with Crippen LogP contribution in [0.5, 0.6) is 5.75 Å². The maximum absolute atomic E-state index is 14.0. The number of benzene rings is 2. The minimum absolute atomic E-state index is 0.197. The highest BCUT2D eigenvalue weighted by molar-refractivity contribution is 9.10. The van der Waals surface area contributed by atoms with Crippen LogP contribution in [0.4, 0.5) is 14.5 Å². The highest BCUT2D eigenvalue weighted by Crippen LogP contribution is 2.25. The van der Waals surface area contributed by atoms with Crippen LogP contribution in [0.3, 0.4) is 0 Å². The molecule has 0 unspecified atom stereocenters. The summed E-state index contributed by atoms with van der Waals surface area (Å²) in [4.78, 5) is 0. The number of anilines is 1. The average Bonchev–Trinajstić information content (AvgIpc) is 2.43. The van der Waals surface area contributed by atoms with Crippen molar-refractivity contribution in [3.63, 3.8) is 0 Å². The molecule has 0 fully saturated rings. The zero-order valence-electron chi connectivity index (χ0n) is 11.1. The van der Waals surface area contributed by atoms with Crippen molar-refractivity contribution in [2.24, 2.45) is 0 Å². The largest absolute Gasteiger partial charge is 0.494 e. The van der Waals surface area contributed by atoms with E-state index in [1.165, 1.54) is 13.2 Å². The van der Waals surface area contributed by atoms with Crippen molar-refractivity contribution in [2.45, 2.75) is 13.5 Å². The molecule has 0 aliphatic carbocycles. The fraction of sp³-hybridized carbons (Fsp3) is 0.200. The molecule has 0 radical (unpaired) electrons. The standard InChI is InChI=1S/C15H14BrF2NO/c1-9-6-11(16)12(17)7-13(9)19-8-10-4-3-5-14(20-2)15(10)18/h3-7,19H,8H2,1-2H3. The molecule has 0 spiro atoms. The van der Waals surface area contributed by atoms with E-state index < -0.39 is 5.82 Å². The van der Waals surface area contributed by atoms with Crippen LogP contribution in [-0.2, 0) is 6.54 Å². The van der Waals surface area contributed by atoms with Crippen LogP contribution in [0.15, 0.2) is 34.8 Å². The van der Waals surface area contributed by atoms with Gasteiger partial charge in [0.2, 0.25) is 0 Å². The molecule has 0 bridgehead atoms. The lowest BCUT2D eigenvalue weighted by molar-refractivity contribution is 0.384. The molecule has 0 atom stereocenters. The zero-order valence-corrected chi connectivity index (χ0v) is 12.7. The molecule has 0 saturated carbocycles. The van der Waals surface area contributed by atoms with Gasteiger partial charge in [-0.15, -0.1) is 0 Å². The monoisotopic (exact) mass is 341 g/mol. The second-order valence-electron chi connectivity index (χ2n) is 4.37. The summed E-state index contributed by atoms with van der Waals surface area (Å²) in [6.07, 6.45) is 0. The van der Waals surface area contributed by atoms with Crippen LogP contribution in [0.25, 0.3) is 0 Å². The van der Waals surface area contributed by atoms with Crippen molar-refractivity contribution in [1.29, 1.82) is 0 Å². The molecule has 0 heterocycles. The van der Waals surface area contributed by atoms with Crippen LogP contribution in [0.2, 0.25) is 0 Å². The summed E-state index contributed by atoms with van der Waals surface area (Å²) in [5.74, 6) is -0.565. The van der Waals surface area contributed by atoms with Crippen LogP contribution in [-0.4, -0.2) is 7.11 Å². The Labute approximate surface area is 124 Å². The highest BCUT2D eigenvalue weighted by Gasteiger charge is 2.09. The predicted molar refractivity (Wildman–Crippen MR) is 79.1 cm³/mol. The van der Waals surface area contributed by atoms with Gasteiger partial charge in [0.15, 0.2) is 11.6 Å². The Morgan fingerprint density at radius 3 is 2.70 bits per heavy atom. The number of hydrogen-bond acceptors (Lipinski definition) is 2. The number of halogens is 3. The Balaban J connectivity index is 2.19. The summed E-state index contributed by atoms with van der Waals surface area (Å²) in [6, 6.07) is 8.00. The Morgan fingerprint density at radius 1 is 1.25 bits per heavy atom. The summed E-state index contributed by atoms with van der Waals surface area (Å²) >= 11 is 3.13. The van der Waals surface area contributed by atoms with Crippen molar-refractivity contribution in [1.82, 2.24) is 0 Å². The Morgan fingerprint density at radius 2 is 2.00 bits per heavy atom. The van der Waals surface area contributed by atoms with Gasteiger partial charge < -0.3 is 10.1 Å². The van der Waals surface area contributed by atoms with E-state index >= 15 is 0 Å². The van der Waals surface area contributed by atoms with Gasteiger partial charge in [-0.25, -0.2) is 8.78 Å². The topological polar surface area (TPSA) is 21.3 Å². The first-order valence-electron chi connectivity index (χ1n) is 6.04. The van der Waals surface area contributed by atoms with Gasteiger partial charge in [-0.3, -0.25) is 0 Å². The van der Waals surface area contributed by atoms with Crippen molar-refractivity contribution in [2.75, 3.05) is 12.4 Å². The van der Waals surface area contributed by atoms with Gasteiger partial charge in [0.05, 0.1) is 11.6 Å². The van der Waals surface area contributed by atoms with E-state index in [0.717, 1.165) is 5.56 Å². The van der Waals surface area contributed by atoms with Gasteiger partial charge in [-0.05, 0) is 46.6 Å². The first-order chi connectivity index (χ1) is 9.52. The van der Waals surface area contributed by atoms with E-state index in [-0.39, 0.29) is 18.1 Å². The number of ether oxygens (including phenoxy) is 1. The van der Waals surface area contributed by atoms with Crippen molar-refractivity contribution in [3.05, 3.63) is 57.6 Å². The fourth-order valence-corrected chi connectivity index (χ4v) is 2.34. The second kappa shape index (κ2) is 6.22. The molecule has 0 aliphatic heterocycles. The van der Waals surface area contributed by atoms with E-state index in [0.29, 0.717) is 15.7 Å².